The Labute approximate surface area is 133 Å². The van der Waals surface area contributed by atoms with Gasteiger partial charge in [0.1, 0.15) is 9.09 Å². The van der Waals surface area contributed by atoms with Crippen LogP contribution in [0.4, 0.5) is 5.69 Å². The number of aromatic carboxylic acids is 1. The molecule has 0 aliphatic rings. The molecule has 0 saturated heterocycles. The minimum atomic E-state index is -3.75. The molecule has 0 atom stereocenters. The van der Waals surface area contributed by atoms with Crippen molar-refractivity contribution in [3.63, 3.8) is 0 Å². The van der Waals surface area contributed by atoms with Crippen LogP contribution in [0.15, 0.2) is 34.5 Å². The fourth-order valence-corrected chi connectivity index (χ4v) is 4.15. The first-order chi connectivity index (χ1) is 9.29. The SMILES string of the molecule is Cc1ccc(NS(=O)(=O)c2ccc(C(=O)O)s2)cc1I. The van der Waals surface area contributed by atoms with Gasteiger partial charge >= 0.3 is 5.97 Å². The van der Waals surface area contributed by atoms with Crippen molar-refractivity contribution in [2.45, 2.75) is 11.1 Å². The number of rotatable bonds is 4. The van der Waals surface area contributed by atoms with Gasteiger partial charge in [-0.2, -0.15) is 0 Å². The number of hydrogen-bond donors (Lipinski definition) is 2. The van der Waals surface area contributed by atoms with Crippen LogP contribution in [0, 0.1) is 10.5 Å². The highest BCUT2D eigenvalue weighted by atomic mass is 127. The van der Waals surface area contributed by atoms with Crippen LogP contribution in [0.5, 0.6) is 0 Å². The van der Waals surface area contributed by atoms with Crippen molar-refractivity contribution in [1.29, 1.82) is 0 Å². The highest BCUT2D eigenvalue weighted by Crippen LogP contribution is 2.25. The molecule has 0 bridgehead atoms. The van der Waals surface area contributed by atoms with Gasteiger partial charge in [-0.25, -0.2) is 13.2 Å². The standard InChI is InChI=1S/C12H10INO4S2/c1-7-2-3-8(6-9(7)13)14-20(17,18)11-5-4-10(19-11)12(15)16/h2-6,14H,1H3,(H,15,16). The molecule has 1 heterocycles. The number of hydrogen-bond acceptors (Lipinski definition) is 4. The first-order valence-electron chi connectivity index (χ1n) is 5.42. The average Bonchev–Trinajstić information content (AvgIpc) is 2.84. The lowest BCUT2D eigenvalue weighted by Gasteiger charge is -2.07. The second kappa shape index (κ2) is 5.70. The van der Waals surface area contributed by atoms with Crippen LogP contribution >= 0.6 is 33.9 Å². The lowest BCUT2D eigenvalue weighted by molar-refractivity contribution is 0.0702. The number of anilines is 1. The lowest BCUT2D eigenvalue weighted by Crippen LogP contribution is -2.11. The first kappa shape index (κ1) is 15.3. The summed E-state index contributed by atoms with van der Waals surface area (Å²) in [5.41, 5.74) is 1.50. The van der Waals surface area contributed by atoms with Gasteiger partial charge in [-0.15, -0.1) is 11.3 Å². The summed E-state index contributed by atoms with van der Waals surface area (Å²) < 4.78 is 27.6. The number of carboxylic acids is 1. The molecule has 1 aromatic heterocycles. The Morgan fingerprint density at radius 2 is 2.00 bits per heavy atom. The molecule has 0 fully saturated rings. The molecule has 106 valence electrons. The number of thiophene rings is 1. The van der Waals surface area contributed by atoms with Crippen molar-refractivity contribution in [3.05, 3.63) is 44.3 Å². The Morgan fingerprint density at radius 1 is 1.30 bits per heavy atom. The fraction of sp³-hybridized carbons (Fsp3) is 0.0833. The van der Waals surface area contributed by atoms with Gasteiger partial charge < -0.3 is 5.11 Å². The fourth-order valence-electron chi connectivity index (χ4n) is 1.44. The van der Waals surface area contributed by atoms with Crippen LogP contribution in [-0.2, 0) is 10.0 Å². The molecular formula is C12H10INO4S2. The number of halogens is 1. The maximum Gasteiger partial charge on any atom is 0.345 e. The number of carbonyl (C=O) groups is 1. The number of nitrogens with one attached hydrogen (secondary N) is 1. The zero-order valence-electron chi connectivity index (χ0n) is 10.3. The third-order valence-corrected chi connectivity index (χ3v) is 6.59. The molecule has 1 aromatic carbocycles. The molecular weight excluding hydrogens is 413 g/mol. The zero-order chi connectivity index (χ0) is 14.9. The summed E-state index contributed by atoms with van der Waals surface area (Å²) in [5.74, 6) is -1.14. The van der Waals surface area contributed by atoms with Crippen molar-refractivity contribution in [2.75, 3.05) is 4.72 Å². The van der Waals surface area contributed by atoms with Crippen molar-refractivity contribution in [3.8, 4) is 0 Å². The highest BCUT2D eigenvalue weighted by Gasteiger charge is 2.19. The predicted octanol–water partition coefficient (Wildman–Crippen LogP) is 3.16. The summed E-state index contributed by atoms with van der Waals surface area (Å²) in [5, 5.41) is 8.81. The molecule has 2 N–H and O–H groups in total. The molecule has 2 aromatic rings. The van der Waals surface area contributed by atoms with E-state index in [0.29, 0.717) is 5.69 Å². The summed E-state index contributed by atoms with van der Waals surface area (Å²) in [6.45, 7) is 1.93. The quantitative estimate of drug-likeness (QED) is 0.741. The number of aryl methyl sites for hydroxylation is 1. The zero-order valence-corrected chi connectivity index (χ0v) is 14.0. The molecule has 0 radical (unpaired) electrons. The number of sulfonamides is 1. The summed E-state index contributed by atoms with van der Waals surface area (Å²) in [6, 6.07) is 7.77. The largest absolute Gasteiger partial charge is 0.477 e. The normalized spacial score (nSPS) is 11.3. The van der Waals surface area contributed by atoms with Gasteiger partial charge in [-0.1, -0.05) is 6.07 Å². The maximum absolute atomic E-state index is 12.1. The van der Waals surface area contributed by atoms with Gasteiger partial charge in [0.15, 0.2) is 0 Å². The highest BCUT2D eigenvalue weighted by molar-refractivity contribution is 14.1. The summed E-state index contributed by atoms with van der Waals surface area (Å²) in [4.78, 5) is 10.8. The molecule has 8 heteroatoms. The Hall–Kier alpha value is -1.13. The topological polar surface area (TPSA) is 83.5 Å². The minimum absolute atomic E-state index is 0.0103. The second-order valence-corrected chi connectivity index (χ2v) is 8.15. The molecule has 0 unspecified atom stereocenters. The van der Waals surface area contributed by atoms with E-state index in [4.69, 9.17) is 5.11 Å². The summed E-state index contributed by atoms with van der Waals surface area (Å²) in [7, 11) is -3.75. The van der Waals surface area contributed by atoms with Crippen LogP contribution in [0.1, 0.15) is 15.2 Å². The van der Waals surface area contributed by atoms with Crippen LogP contribution < -0.4 is 4.72 Å². The van der Waals surface area contributed by atoms with Gasteiger partial charge in [-0.05, 0) is 59.3 Å². The Balaban J connectivity index is 2.30. The average molecular weight is 423 g/mol. The van der Waals surface area contributed by atoms with E-state index < -0.39 is 16.0 Å². The van der Waals surface area contributed by atoms with Gasteiger partial charge in [-0.3, -0.25) is 4.72 Å². The van der Waals surface area contributed by atoms with Crippen molar-refractivity contribution in [2.24, 2.45) is 0 Å². The molecule has 0 amide bonds. The van der Waals surface area contributed by atoms with E-state index >= 15 is 0 Å². The predicted molar refractivity (Wildman–Crippen MR) is 86.0 cm³/mol. The van der Waals surface area contributed by atoms with Crippen LogP contribution in [-0.4, -0.2) is 19.5 Å². The van der Waals surface area contributed by atoms with E-state index in [9.17, 15) is 13.2 Å². The maximum atomic E-state index is 12.1. The summed E-state index contributed by atoms with van der Waals surface area (Å²) in [6.07, 6.45) is 0. The Bertz CT molecular complexity index is 768. The molecule has 0 saturated carbocycles. The van der Waals surface area contributed by atoms with Crippen molar-refractivity contribution in [1.82, 2.24) is 0 Å². The molecule has 2 rings (SSSR count). The van der Waals surface area contributed by atoms with Gasteiger partial charge in [0, 0.05) is 9.26 Å². The third kappa shape index (κ3) is 3.30. The lowest BCUT2D eigenvalue weighted by atomic mass is 10.2. The Kier molecular flexibility index (Phi) is 4.35. The van der Waals surface area contributed by atoms with E-state index in [2.05, 4.69) is 27.3 Å². The third-order valence-electron chi connectivity index (χ3n) is 2.48. The van der Waals surface area contributed by atoms with E-state index in [1.807, 2.05) is 13.0 Å². The van der Waals surface area contributed by atoms with Crippen LogP contribution in [0.3, 0.4) is 0 Å². The monoisotopic (exact) mass is 423 g/mol. The van der Waals surface area contributed by atoms with Crippen LogP contribution in [0.2, 0.25) is 0 Å². The van der Waals surface area contributed by atoms with Crippen molar-refractivity contribution < 1.29 is 18.3 Å². The molecule has 5 nitrogen and oxygen atoms in total. The van der Waals surface area contributed by atoms with Gasteiger partial charge in [0.2, 0.25) is 0 Å². The molecule has 0 aliphatic heterocycles. The number of carboxylic acid groups (broad SMARTS) is 1. The van der Waals surface area contributed by atoms with E-state index in [0.717, 1.165) is 20.5 Å². The minimum Gasteiger partial charge on any atom is -0.477 e. The molecule has 0 aliphatic carbocycles. The van der Waals surface area contributed by atoms with E-state index in [1.54, 1.807) is 12.1 Å². The second-order valence-electron chi connectivity index (χ2n) is 3.99. The van der Waals surface area contributed by atoms with E-state index in [-0.39, 0.29) is 9.09 Å². The van der Waals surface area contributed by atoms with Crippen LogP contribution in [0.25, 0.3) is 0 Å². The first-order valence-corrected chi connectivity index (χ1v) is 8.79. The Morgan fingerprint density at radius 3 is 2.55 bits per heavy atom. The summed E-state index contributed by atoms with van der Waals surface area (Å²) >= 11 is 2.84. The van der Waals surface area contributed by atoms with Gasteiger partial charge in [0.05, 0.1) is 0 Å². The molecule has 0 spiro atoms. The van der Waals surface area contributed by atoms with Gasteiger partial charge in [0.25, 0.3) is 10.0 Å². The van der Waals surface area contributed by atoms with Crippen molar-refractivity contribution >= 4 is 55.6 Å². The van der Waals surface area contributed by atoms with E-state index in [1.165, 1.54) is 12.1 Å². The smallest absolute Gasteiger partial charge is 0.345 e. The number of benzene rings is 1. The molecule has 20 heavy (non-hydrogen) atoms.